The van der Waals surface area contributed by atoms with Crippen LogP contribution in [0.1, 0.15) is 5.56 Å². The SMILES string of the molecule is Cc1cccc(Sc2nccnc2Cl)c1. The van der Waals surface area contributed by atoms with Crippen molar-refractivity contribution in [3.63, 3.8) is 0 Å². The van der Waals surface area contributed by atoms with Crippen LogP contribution in [0.4, 0.5) is 0 Å². The molecule has 15 heavy (non-hydrogen) atoms. The molecule has 0 saturated heterocycles. The van der Waals surface area contributed by atoms with Gasteiger partial charge in [-0.1, -0.05) is 41.1 Å². The Labute approximate surface area is 97.7 Å². The molecule has 0 N–H and O–H groups in total. The molecule has 0 unspecified atom stereocenters. The average molecular weight is 237 g/mol. The molecule has 4 heteroatoms. The average Bonchev–Trinajstić information content (AvgIpc) is 2.22. The molecular weight excluding hydrogens is 228 g/mol. The number of hydrogen-bond acceptors (Lipinski definition) is 3. The molecule has 0 radical (unpaired) electrons. The maximum atomic E-state index is 5.92. The summed E-state index contributed by atoms with van der Waals surface area (Å²) in [6.45, 7) is 2.06. The normalized spacial score (nSPS) is 10.3. The first-order valence-electron chi connectivity index (χ1n) is 4.47. The topological polar surface area (TPSA) is 25.8 Å². The number of benzene rings is 1. The van der Waals surface area contributed by atoms with Gasteiger partial charge in [-0.15, -0.1) is 0 Å². The van der Waals surface area contributed by atoms with E-state index in [0.717, 1.165) is 9.92 Å². The van der Waals surface area contributed by atoms with Gasteiger partial charge in [-0.25, -0.2) is 9.97 Å². The molecule has 0 aliphatic rings. The number of nitrogens with zero attached hydrogens (tertiary/aromatic N) is 2. The fraction of sp³-hybridized carbons (Fsp3) is 0.0909. The van der Waals surface area contributed by atoms with Crippen molar-refractivity contribution in [1.82, 2.24) is 9.97 Å². The lowest BCUT2D eigenvalue weighted by molar-refractivity contribution is 1.05. The van der Waals surface area contributed by atoms with Crippen LogP contribution in [-0.4, -0.2) is 9.97 Å². The van der Waals surface area contributed by atoms with Crippen molar-refractivity contribution in [1.29, 1.82) is 0 Å². The standard InChI is InChI=1S/C11H9ClN2S/c1-8-3-2-4-9(7-8)15-11-10(12)13-5-6-14-11/h2-7H,1H3. The molecule has 0 aliphatic heterocycles. The Balaban J connectivity index is 2.26. The minimum atomic E-state index is 0.448. The van der Waals surface area contributed by atoms with Gasteiger partial charge in [-0.05, 0) is 19.1 Å². The zero-order valence-corrected chi connectivity index (χ0v) is 9.72. The van der Waals surface area contributed by atoms with Crippen LogP contribution in [0.25, 0.3) is 0 Å². The molecule has 0 spiro atoms. The zero-order chi connectivity index (χ0) is 10.7. The van der Waals surface area contributed by atoms with Crippen LogP contribution < -0.4 is 0 Å². The van der Waals surface area contributed by atoms with E-state index in [2.05, 4.69) is 29.0 Å². The smallest absolute Gasteiger partial charge is 0.161 e. The van der Waals surface area contributed by atoms with Gasteiger partial charge in [0.15, 0.2) is 5.15 Å². The first kappa shape index (κ1) is 10.5. The number of halogens is 1. The maximum absolute atomic E-state index is 5.92. The number of rotatable bonds is 2. The van der Waals surface area contributed by atoms with Crippen molar-refractivity contribution < 1.29 is 0 Å². The van der Waals surface area contributed by atoms with Crippen LogP contribution in [0.15, 0.2) is 46.6 Å². The Morgan fingerprint density at radius 3 is 2.73 bits per heavy atom. The van der Waals surface area contributed by atoms with E-state index in [9.17, 15) is 0 Å². The lowest BCUT2D eigenvalue weighted by Crippen LogP contribution is -1.84. The van der Waals surface area contributed by atoms with E-state index in [-0.39, 0.29) is 0 Å². The summed E-state index contributed by atoms with van der Waals surface area (Å²) in [7, 11) is 0. The Hall–Kier alpha value is -1.06. The molecule has 2 aromatic rings. The highest BCUT2D eigenvalue weighted by Gasteiger charge is 2.04. The van der Waals surface area contributed by atoms with Crippen molar-refractivity contribution in [2.75, 3.05) is 0 Å². The van der Waals surface area contributed by atoms with Crippen molar-refractivity contribution in [2.24, 2.45) is 0 Å². The van der Waals surface area contributed by atoms with Gasteiger partial charge in [0.25, 0.3) is 0 Å². The van der Waals surface area contributed by atoms with Gasteiger partial charge in [0, 0.05) is 17.3 Å². The third kappa shape index (κ3) is 2.70. The number of aryl methyl sites for hydroxylation is 1. The Bertz CT molecular complexity index is 474. The highest BCUT2D eigenvalue weighted by Crippen LogP contribution is 2.30. The maximum Gasteiger partial charge on any atom is 0.161 e. The third-order valence-electron chi connectivity index (χ3n) is 1.83. The second-order valence-corrected chi connectivity index (χ2v) is 4.49. The third-order valence-corrected chi connectivity index (χ3v) is 3.20. The van der Waals surface area contributed by atoms with E-state index in [0.29, 0.717) is 5.15 Å². The molecule has 0 bridgehead atoms. The largest absolute Gasteiger partial charge is 0.245 e. The summed E-state index contributed by atoms with van der Waals surface area (Å²) < 4.78 is 0. The van der Waals surface area contributed by atoms with Crippen LogP contribution in [0.3, 0.4) is 0 Å². The first-order valence-corrected chi connectivity index (χ1v) is 5.66. The monoisotopic (exact) mass is 236 g/mol. The van der Waals surface area contributed by atoms with Crippen LogP contribution in [0.2, 0.25) is 5.15 Å². The Morgan fingerprint density at radius 2 is 2.00 bits per heavy atom. The minimum Gasteiger partial charge on any atom is -0.245 e. The quantitative estimate of drug-likeness (QED) is 0.797. The second kappa shape index (κ2) is 4.64. The second-order valence-electron chi connectivity index (χ2n) is 3.07. The van der Waals surface area contributed by atoms with Crippen molar-refractivity contribution >= 4 is 23.4 Å². The number of aromatic nitrogens is 2. The van der Waals surface area contributed by atoms with Crippen molar-refractivity contribution in [3.8, 4) is 0 Å². The van der Waals surface area contributed by atoms with Crippen LogP contribution in [-0.2, 0) is 0 Å². The van der Waals surface area contributed by atoms with Crippen molar-refractivity contribution in [3.05, 3.63) is 47.4 Å². The summed E-state index contributed by atoms with van der Waals surface area (Å²) in [5.41, 5.74) is 1.22. The molecule has 2 rings (SSSR count). The molecule has 1 aromatic heterocycles. The van der Waals surface area contributed by atoms with Gasteiger partial charge in [-0.2, -0.15) is 0 Å². The summed E-state index contributed by atoms with van der Waals surface area (Å²) in [6, 6.07) is 8.20. The Kier molecular flexibility index (Phi) is 3.23. The predicted octanol–water partition coefficient (Wildman–Crippen LogP) is 3.59. The molecule has 2 nitrogen and oxygen atoms in total. The Morgan fingerprint density at radius 1 is 1.20 bits per heavy atom. The van der Waals surface area contributed by atoms with Gasteiger partial charge < -0.3 is 0 Å². The molecule has 0 fully saturated rings. The fourth-order valence-electron chi connectivity index (χ4n) is 1.17. The summed E-state index contributed by atoms with van der Waals surface area (Å²) in [6.07, 6.45) is 3.23. The van der Waals surface area contributed by atoms with Gasteiger partial charge in [-0.3, -0.25) is 0 Å². The fourth-order valence-corrected chi connectivity index (χ4v) is 2.25. The van der Waals surface area contributed by atoms with Gasteiger partial charge >= 0.3 is 0 Å². The predicted molar refractivity (Wildman–Crippen MR) is 62.3 cm³/mol. The first-order chi connectivity index (χ1) is 7.25. The zero-order valence-electron chi connectivity index (χ0n) is 8.14. The molecule has 76 valence electrons. The molecule has 1 heterocycles. The van der Waals surface area contributed by atoms with Crippen molar-refractivity contribution in [2.45, 2.75) is 16.8 Å². The van der Waals surface area contributed by atoms with E-state index in [1.165, 1.54) is 17.3 Å². The molecule has 0 saturated carbocycles. The molecule has 1 aromatic carbocycles. The minimum absolute atomic E-state index is 0.448. The van der Waals surface area contributed by atoms with E-state index in [1.54, 1.807) is 12.4 Å². The summed E-state index contributed by atoms with van der Waals surface area (Å²) in [4.78, 5) is 9.27. The van der Waals surface area contributed by atoms with Crippen LogP contribution in [0.5, 0.6) is 0 Å². The van der Waals surface area contributed by atoms with E-state index in [1.807, 2.05) is 12.1 Å². The number of hydrogen-bond donors (Lipinski definition) is 0. The molecule has 0 atom stereocenters. The summed E-state index contributed by atoms with van der Waals surface area (Å²) in [5, 5.41) is 1.19. The van der Waals surface area contributed by atoms with E-state index >= 15 is 0 Å². The van der Waals surface area contributed by atoms with Crippen LogP contribution in [0, 0.1) is 6.92 Å². The summed E-state index contributed by atoms with van der Waals surface area (Å²) >= 11 is 7.44. The van der Waals surface area contributed by atoms with Gasteiger partial charge in [0.05, 0.1) is 0 Å². The van der Waals surface area contributed by atoms with Gasteiger partial charge in [0.2, 0.25) is 0 Å². The molecular formula is C11H9ClN2S. The summed E-state index contributed by atoms with van der Waals surface area (Å²) in [5.74, 6) is 0. The van der Waals surface area contributed by atoms with E-state index < -0.39 is 0 Å². The lowest BCUT2D eigenvalue weighted by atomic mass is 10.2. The molecule has 0 aliphatic carbocycles. The van der Waals surface area contributed by atoms with Gasteiger partial charge in [0.1, 0.15) is 5.03 Å². The highest BCUT2D eigenvalue weighted by molar-refractivity contribution is 7.99. The highest BCUT2D eigenvalue weighted by atomic mass is 35.5. The lowest BCUT2D eigenvalue weighted by Gasteiger charge is -2.02. The van der Waals surface area contributed by atoms with E-state index in [4.69, 9.17) is 11.6 Å². The molecule has 0 amide bonds. The van der Waals surface area contributed by atoms with Crippen LogP contribution >= 0.6 is 23.4 Å².